The zero-order valence-corrected chi connectivity index (χ0v) is 14.7. The molecule has 3 nitrogen and oxygen atoms in total. The van der Waals surface area contributed by atoms with E-state index in [2.05, 4.69) is 20.7 Å². The van der Waals surface area contributed by atoms with Crippen molar-refractivity contribution in [3.05, 3.63) is 57.5 Å². The largest absolute Gasteiger partial charge is 0.280 e. The van der Waals surface area contributed by atoms with Crippen LogP contribution in [0.15, 0.2) is 51.8 Å². The molecule has 21 heavy (non-hydrogen) atoms. The van der Waals surface area contributed by atoms with E-state index in [1.807, 2.05) is 12.1 Å². The van der Waals surface area contributed by atoms with Gasteiger partial charge < -0.3 is 0 Å². The Balaban J connectivity index is 2.24. The van der Waals surface area contributed by atoms with Crippen LogP contribution in [-0.2, 0) is 16.4 Å². The number of halogens is 3. The van der Waals surface area contributed by atoms with Crippen LogP contribution in [0.25, 0.3) is 0 Å². The van der Waals surface area contributed by atoms with Crippen molar-refractivity contribution in [2.45, 2.75) is 11.3 Å². The summed E-state index contributed by atoms with van der Waals surface area (Å²) in [7, 11) is -3.71. The van der Waals surface area contributed by atoms with Gasteiger partial charge in [-0.15, -0.1) is 11.6 Å². The molecule has 0 aromatic heterocycles. The molecule has 0 atom stereocenters. The maximum Gasteiger partial charge on any atom is 0.263 e. The molecule has 0 bridgehead atoms. The van der Waals surface area contributed by atoms with Crippen LogP contribution in [-0.4, -0.2) is 14.3 Å². The second kappa shape index (κ2) is 7.01. The number of anilines is 1. The first-order valence-electron chi connectivity index (χ1n) is 6.05. The van der Waals surface area contributed by atoms with Crippen LogP contribution in [0.4, 0.5) is 5.69 Å². The van der Waals surface area contributed by atoms with Gasteiger partial charge in [-0.3, -0.25) is 4.72 Å². The van der Waals surface area contributed by atoms with Gasteiger partial charge in [-0.2, -0.15) is 0 Å². The second-order valence-electron chi connectivity index (χ2n) is 4.32. The lowest BCUT2D eigenvalue weighted by Crippen LogP contribution is -2.13. The summed E-state index contributed by atoms with van der Waals surface area (Å²) in [6, 6.07) is 11.7. The van der Waals surface area contributed by atoms with Crippen LogP contribution in [0.5, 0.6) is 0 Å². The Kier molecular flexibility index (Phi) is 5.54. The van der Waals surface area contributed by atoms with Gasteiger partial charge >= 0.3 is 0 Å². The van der Waals surface area contributed by atoms with Crippen molar-refractivity contribution < 1.29 is 8.42 Å². The topological polar surface area (TPSA) is 46.2 Å². The van der Waals surface area contributed by atoms with E-state index in [9.17, 15) is 8.42 Å². The number of rotatable bonds is 5. The van der Waals surface area contributed by atoms with Crippen LogP contribution >= 0.6 is 39.1 Å². The van der Waals surface area contributed by atoms with Crippen molar-refractivity contribution in [3.8, 4) is 0 Å². The lowest BCUT2D eigenvalue weighted by molar-refractivity contribution is 0.601. The molecule has 1 N–H and O–H groups in total. The third-order valence-electron chi connectivity index (χ3n) is 2.77. The minimum Gasteiger partial charge on any atom is -0.280 e. The maximum absolute atomic E-state index is 12.3. The zero-order valence-electron chi connectivity index (χ0n) is 10.8. The van der Waals surface area contributed by atoms with E-state index in [1.165, 1.54) is 6.07 Å². The van der Waals surface area contributed by atoms with Gasteiger partial charge in [0.2, 0.25) is 0 Å². The first kappa shape index (κ1) is 16.6. The fourth-order valence-corrected chi connectivity index (χ4v) is 4.07. The van der Waals surface area contributed by atoms with Crippen LogP contribution in [0, 0.1) is 0 Å². The molecule has 0 radical (unpaired) electrons. The van der Waals surface area contributed by atoms with Gasteiger partial charge in [0.25, 0.3) is 10.0 Å². The first-order chi connectivity index (χ1) is 9.92. The molecular weight excluding hydrogens is 397 g/mol. The Morgan fingerprint density at radius 2 is 1.76 bits per heavy atom. The second-order valence-corrected chi connectivity index (χ2v) is 7.67. The molecule has 0 spiro atoms. The third-order valence-corrected chi connectivity index (χ3v) is 5.32. The van der Waals surface area contributed by atoms with Gasteiger partial charge in [0, 0.05) is 16.0 Å². The fourth-order valence-electron chi connectivity index (χ4n) is 1.75. The first-order valence-corrected chi connectivity index (χ1v) is 9.24. The summed E-state index contributed by atoms with van der Waals surface area (Å²) >= 11 is 14.9. The SMILES string of the molecule is O=S(=O)(Nc1ccc(CCCl)cc1)c1ccc(Br)cc1Cl. The summed E-state index contributed by atoms with van der Waals surface area (Å²) in [4.78, 5) is 0.0391. The monoisotopic (exact) mass is 407 g/mol. The quantitative estimate of drug-likeness (QED) is 0.729. The Bertz CT molecular complexity index is 733. The van der Waals surface area contributed by atoms with Crippen LogP contribution in [0.3, 0.4) is 0 Å². The van der Waals surface area contributed by atoms with Gasteiger partial charge in [0.1, 0.15) is 4.90 Å². The molecule has 0 aliphatic heterocycles. The van der Waals surface area contributed by atoms with Gasteiger partial charge in [-0.05, 0) is 42.3 Å². The minimum absolute atomic E-state index is 0.0391. The van der Waals surface area contributed by atoms with E-state index in [4.69, 9.17) is 23.2 Å². The van der Waals surface area contributed by atoms with Crippen LogP contribution < -0.4 is 4.72 Å². The number of hydrogen-bond acceptors (Lipinski definition) is 2. The van der Waals surface area contributed by atoms with Crippen molar-refractivity contribution in [2.24, 2.45) is 0 Å². The highest BCUT2D eigenvalue weighted by Gasteiger charge is 2.18. The Hall–Kier alpha value is -0.750. The summed E-state index contributed by atoms with van der Waals surface area (Å²) in [5, 5.41) is 0.163. The lowest BCUT2D eigenvalue weighted by atomic mass is 10.2. The van der Waals surface area contributed by atoms with Gasteiger partial charge in [0.15, 0.2) is 0 Å². The number of hydrogen-bond donors (Lipinski definition) is 1. The highest BCUT2D eigenvalue weighted by atomic mass is 79.9. The van der Waals surface area contributed by atoms with Crippen molar-refractivity contribution in [2.75, 3.05) is 10.6 Å². The molecule has 2 aromatic rings. The molecule has 112 valence electrons. The predicted octanol–water partition coefficient (Wildman–Crippen LogP) is 4.68. The number of aryl methyl sites for hydroxylation is 1. The van der Waals surface area contributed by atoms with Crippen molar-refractivity contribution >= 4 is 54.8 Å². The Labute approximate surface area is 142 Å². The summed E-state index contributed by atoms with van der Waals surface area (Å²) < 4.78 is 27.8. The number of nitrogens with one attached hydrogen (secondary N) is 1. The molecule has 0 fully saturated rings. The number of alkyl halides is 1. The minimum atomic E-state index is -3.71. The lowest BCUT2D eigenvalue weighted by Gasteiger charge is -2.10. The highest BCUT2D eigenvalue weighted by Crippen LogP contribution is 2.27. The van der Waals surface area contributed by atoms with E-state index in [0.29, 0.717) is 11.6 Å². The standard InChI is InChI=1S/C14H12BrCl2NO2S/c15-11-3-6-14(13(17)9-11)21(19,20)18-12-4-1-10(2-5-12)7-8-16/h1-6,9,18H,7-8H2. The molecule has 0 unspecified atom stereocenters. The molecule has 0 aliphatic carbocycles. The zero-order chi connectivity index (χ0) is 15.5. The van der Waals surface area contributed by atoms with Crippen molar-refractivity contribution in [1.29, 1.82) is 0 Å². The average Bonchev–Trinajstić information content (AvgIpc) is 2.40. The van der Waals surface area contributed by atoms with Gasteiger partial charge in [-0.25, -0.2) is 8.42 Å². The normalized spacial score (nSPS) is 11.4. The Morgan fingerprint density at radius 3 is 2.33 bits per heavy atom. The van der Waals surface area contributed by atoms with E-state index in [1.54, 1.807) is 24.3 Å². The number of sulfonamides is 1. The van der Waals surface area contributed by atoms with Crippen LogP contribution in [0.1, 0.15) is 5.56 Å². The molecule has 2 aromatic carbocycles. The van der Waals surface area contributed by atoms with E-state index < -0.39 is 10.0 Å². The summed E-state index contributed by atoms with van der Waals surface area (Å²) in [5.41, 5.74) is 1.53. The van der Waals surface area contributed by atoms with E-state index in [-0.39, 0.29) is 9.92 Å². The van der Waals surface area contributed by atoms with E-state index >= 15 is 0 Å². The number of benzene rings is 2. The average molecular weight is 409 g/mol. The molecule has 0 saturated heterocycles. The molecule has 0 saturated carbocycles. The summed E-state index contributed by atoms with van der Waals surface area (Å²) in [6.45, 7) is 0. The molecule has 0 aliphatic rings. The van der Waals surface area contributed by atoms with Gasteiger partial charge in [0.05, 0.1) is 5.02 Å². The van der Waals surface area contributed by atoms with Gasteiger partial charge in [-0.1, -0.05) is 39.7 Å². The predicted molar refractivity (Wildman–Crippen MR) is 90.8 cm³/mol. The summed E-state index contributed by atoms with van der Waals surface area (Å²) in [5.74, 6) is 0.527. The van der Waals surface area contributed by atoms with Crippen molar-refractivity contribution in [1.82, 2.24) is 0 Å². The molecule has 2 rings (SSSR count). The van der Waals surface area contributed by atoms with Crippen molar-refractivity contribution in [3.63, 3.8) is 0 Å². The fraction of sp³-hybridized carbons (Fsp3) is 0.143. The molecular formula is C14H12BrCl2NO2S. The smallest absolute Gasteiger partial charge is 0.263 e. The van der Waals surface area contributed by atoms with E-state index in [0.717, 1.165) is 16.5 Å². The summed E-state index contributed by atoms with van der Waals surface area (Å²) in [6.07, 6.45) is 0.743. The molecule has 7 heteroatoms. The maximum atomic E-state index is 12.3. The Morgan fingerprint density at radius 1 is 1.10 bits per heavy atom. The third kappa shape index (κ3) is 4.36. The molecule has 0 amide bonds. The highest BCUT2D eigenvalue weighted by molar-refractivity contribution is 9.10. The van der Waals surface area contributed by atoms with Crippen LogP contribution in [0.2, 0.25) is 5.02 Å². The molecule has 0 heterocycles.